The molecule has 0 saturated heterocycles. The summed E-state index contributed by atoms with van der Waals surface area (Å²) in [6, 6.07) is 0. The number of hydrogen-bond donors (Lipinski definition) is 1. The predicted octanol–water partition coefficient (Wildman–Crippen LogP) is 5.60. The van der Waals surface area contributed by atoms with E-state index in [2.05, 4.69) is 28.2 Å². The van der Waals surface area contributed by atoms with Crippen LogP contribution in [-0.4, -0.2) is 19.3 Å². The third kappa shape index (κ3) is 14.7. The number of hydrogen-bond acceptors (Lipinski definition) is 2. The number of nitrogens with one attached hydrogen (secondary N) is 1. The van der Waals surface area contributed by atoms with Gasteiger partial charge in [0, 0.05) is 0 Å². The van der Waals surface area contributed by atoms with Gasteiger partial charge in [-0.2, -0.15) is 9.12 Å². The van der Waals surface area contributed by atoms with Crippen molar-refractivity contribution in [3.63, 3.8) is 0 Å². The van der Waals surface area contributed by atoms with Crippen LogP contribution in [0, 0.1) is 0 Å². The predicted molar refractivity (Wildman–Crippen MR) is 100 cm³/mol. The summed E-state index contributed by atoms with van der Waals surface area (Å²) in [6.07, 6.45) is 15.8. The monoisotopic (exact) mass is 328 g/mol. The van der Waals surface area contributed by atoms with E-state index >= 15 is 0 Å². The quantitative estimate of drug-likeness (QED) is 0.241. The summed E-state index contributed by atoms with van der Waals surface area (Å²) in [5, 5.41) is 2.58. The molecule has 0 spiro atoms. The van der Waals surface area contributed by atoms with Crippen LogP contribution >= 0.6 is 9.12 Å². The molecule has 0 aliphatic heterocycles. The average Bonchev–Trinajstić information content (AvgIpc) is 2.50. The van der Waals surface area contributed by atoms with Crippen LogP contribution in [0.1, 0.15) is 97.3 Å². The molecular weight excluding hydrogens is 292 g/mol. The van der Waals surface area contributed by atoms with Crippen LogP contribution in [0.2, 0.25) is 0 Å². The molecule has 0 aromatic carbocycles. The van der Waals surface area contributed by atoms with Crippen LogP contribution < -0.4 is 5.23 Å². The van der Waals surface area contributed by atoms with Crippen LogP contribution in [0.3, 0.4) is 0 Å². The minimum absolute atomic E-state index is 0.0813. The van der Waals surface area contributed by atoms with Crippen molar-refractivity contribution in [2.24, 2.45) is 0 Å². The molecule has 0 saturated carbocycles. The normalized spacial score (nSPS) is 12.0. The van der Waals surface area contributed by atoms with E-state index in [9.17, 15) is 4.79 Å². The lowest BCUT2D eigenvalue weighted by Crippen LogP contribution is -2.29. The second kappa shape index (κ2) is 17.1. The van der Waals surface area contributed by atoms with Gasteiger partial charge < -0.3 is 9.96 Å². The van der Waals surface area contributed by atoms with Gasteiger partial charge in [0.2, 0.25) is 0 Å². The van der Waals surface area contributed by atoms with Gasteiger partial charge in [0.05, 0.1) is 0 Å². The minimum atomic E-state index is -0.320. The maximum absolute atomic E-state index is 11.6. The maximum atomic E-state index is 11.6. The molecule has 1 N–H and O–H groups in total. The highest BCUT2D eigenvalue weighted by Crippen LogP contribution is 2.16. The van der Waals surface area contributed by atoms with E-state index in [0.29, 0.717) is 0 Å². The van der Waals surface area contributed by atoms with Crippen molar-refractivity contribution in [1.29, 1.82) is 0 Å². The Labute approximate surface area is 141 Å². The molecule has 0 fully saturated rings. The Kier molecular flexibility index (Phi) is 16.9. The standard InChI is InChI=1S/C17H36BNO2P/c1-3-5-7-9-11-13-15-16(21-17(20)19-18-22)14-12-10-8-6-4-2/h16H,3-15,22H2,1-2H3,(H,19,20). The SMILES string of the molecule is CCCCCCCCC(CCCCCCC)OC(=O)N[B]P. The average molecular weight is 328 g/mol. The molecule has 0 heterocycles. The zero-order valence-corrected chi connectivity index (χ0v) is 15.9. The smallest absolute Gasteiger partial charge is 0.395 e. The molecule has 0 aliphatic rings. The highest BCUT2D eigenvalue weighted by atomic mass is 31.0. The molecule has 0 aliphatic carbocycles. The first kappa shape index (κ1) is 21.8. The van der Waals surface area contributed by atoms with E-state index in [1.54, 1.807) is 7.13 Å². The van der Waals surface area contributed by atoms with E-state index < -0.39 is 0 Å². The summed E-state index contributed by atoms with van der Waals surface area (Å²) in [5.41, 5.74) is 0. The van der Waals surface area contributed by atoms with Gasteiger partial charge in [-0.1, -0.05) is 71.6 Å². The number of ether oxygens (including phenoxy) is 1. The Balaban J connectivity index is 3.87. The fourth-order valence-corrected chi connectivity index (χ4v) is 2.78. The Bertz CT molecular complexity index is 255. The lowest BCUT2D eigenvalue weighted by atomic mass is 10.0. The fourth-order valence-electron chi connectivity index (χ4n) is 2.64. The number of amides is 1. The van der Waals surface area contributed by atoms with Gasteiger partial charge in [0.25, 0.3) is 7.13 Å². The van der Waals surface area contributed by atoms with E-state index in [1.807, 2.05) is 0 Å². The molecule has 0 bridgehead atoms. The van der Waals surface area contributed by atoms with Crippen molar-refractivity contribution in [3.05, 3.63) is 0 Å². The maximum Gasteiger partial charge on any atom is 0.395 e. The van der Waals surface area contributed by atoms with Crippen LogP contribution in [0.5, 0.6) is 0 Å². The molecule has 1 radical (unpaired) electrons. The van der Waals surface area contributed by atoms with Gasteiger partial charge in [0.1, 0.15) is 6.10 Å². The highest BCUT2D eigenvalue weighted by Gasteiger charge is 2.13. The summed E-state index contributed by atoms with van der Waals surface area (Å²) in [5.74, 6) is 0. The lowest BCUT2D eigenvalue weighted by molar-refractivity contribution is 0.0889. The van der Waals surface area contributed by atoms with Crippen LogP contribution in [-0.2, 0) is 4.74 Å². The summed E-state index contributed by atoms with van der Waals surface area (Å²) in [6.45, 7) is 4.47. The van der Waals surface area contributed by atoms with Gasteiger partial charge in [-0.15, -0.1) is 0 Å². The zero-order valence-electron chi connectivity index (χ0n) is 14.7. The molecule has 5 heteroatoms. The van der Waals surface area contributed by atoms with Crippen molar-refractivity contribution in [2.75, 3.05) is 0 Å². The molecule has 129 valence electrons. The Morgan fingerprint density at radius 2 is 1.36 bits per heavy atom. The van der Waals surface area contributed by atoms with E-state index in [-0.39, 0.29) is 12.2 Å². The molecule has 22 heavy (non-hydrogen) atoms. The summed E-state index contributed by atoms with van der Waals surface area (Å²) in [7, 11) is 3.91. The third-order valence-electron chi connectivity index (χ3n) is 3.98. The molecule has 2 atom stereocenters. The van der Waals surface area contributed by atoms with Crippen molar-refractivity contribution in [3.8, 4) is 0 Å². The number of rotatable bonds is 15. The van der Waals surface area contributed by atoms with Gasteiger partial charge >= 0.3 is 6.09 Å². The van der Waals surface area contributed by atoms with Gasteiger partial charge in [-0.25, -0.2) is 4.79 Å². The van der Waals surface area contributed by atoms with Crippen LogP contribution in [0.4, 0.5) is 4.79 Å². The summed E-state index contributed by atoms with van der Waals surface area (Å²) in [4.78, 5) is 11.6. The van der Waals surface area contributed by atoms with Crippen molar-refractivity contribution in [2.45, 2.75) is 103 Å². The first-order chi connectivity index (χ1) is 10.7. The molecule has 2 unspecified atom stereocenters. The highest BCUT2D eigenvalue weighted by molar-refractivity contribution is 7.55. The number of carbonyl (C=O) groups is 1. The van der Waals surface area contributed by atoms with Gasteiger partial charge in [-0.3, -0.25) is 0 Å². The number of carbonyl (C=O) groups excluding carboxylic acids is 1. The molecule has 0 rings (SSSR count). The Morgan fingerprint density at radius 3 is 1.82 bits per heavy atom. The second-order valence-electron chi connectivity index (χ2n) is 6.10. The van der Waals surface area contributed by atoms with Crippen LogP contribution in [0.25, 0.3) is 0 Å². The van der Waals surface area contributed by atoms with E-state index in [0.717, 1.165) is 12.8 Å². The largest absolute Gasteiger partial charge is 0.447 e. The Morgan fingerprint density at radius 1 is 0.909 bits per heavy atom. The lowest BCUT2D eigenvalue weighted by Gasteiger charge is -2.18. The van der Waals surface area contributed by atoms with E-state index in [1.165, 1.54) is 70.6 Å². The molecular formula is C17H36BNO2P. The number of unbranched alkanes of at least 4 members (excludes halogenated alkanes) is 9. The molecule has 1 amide bonds. The first-order valence-corrected chi connectivity index (χ1v) is 9.91. The fraction of sp³-hybridized carbons (Fsp3) is 0.941. The zero-order chi connectivity index (χ0) is 16.5. The second-order valence-corrected chi connectivity index (χ2v) is 6.43. The third-order valence-corrected chi connectivity index (χ3v) is 4.15. The summed E-state index contributed by atoms with van der Waals surface area (Å²) < 4.78 is 5.53. The van der Waals surface area contributed by atoms with E-state index in [4.69, 9.17) is 4.74 Å². The van der Waals surface area contributed by atoms with Gasteiger partial charge in [0.15, 0.2) is 0 Å². The van der Waals surface area contributed by atoms with Crippen molar-refractivity contribution >= 4 is 22.3 Å². The molecule has 0 aromatic rings. The minimum Gasteiger partial charge on any atom is -0.447 e. The van der Waals surface area contributed by atoms with Crippen molar-refractivity contribution < 1.29 is 9.53 Å². The Hall–Kier alpha value is -0.235. The van der Waals surface area contributed by atoms with Crippen molar-refractivity contribution in [1.82, 2.24) is 5.23 Å². The topological polar surface area (TPSA) is 38.3 Å². The summed E-state index contributed by atoms with van der Waals surface area (Å²) >= 11 is 0. The molecule has 3 nitrogen and oxygen atoms in total. The molecule has 0 aromatic heterocycles. The van der Waals surface area contributed by atoms with Gasteiger partial charge in [-0.05, 0) is 25.7 Å². The van der Waals surface area contributed by atoms with Crippen LogP contribution in [0.15, 0.2) is 0 Å². The first-order valence-electron chi connectivity index (χ1n) is 9.25.